The van der Waals surface area contributed by atoms with Gasteiger partial charge in [0.1, 0.15) is 11.4 Å². The standard InChI is InChI=1S/C18H18O3/c1-20-15-9-5-10-16(17-11-6-12-21-17)18(19,13-15)14-7-3-2-4-8-14/h2-12,16,19H,13H2,1H3/t16-,18-/m0/s1. The average Bonchev–Trinajstić information content (AvgIpc) is 2.99. The van der Waals surface area contributed by atoms with Crippen LogP contribution in [0.5, 0.6) is 0 Å². The Balaban J connectivity index is 2.10. The van der Waals surface area contributed by atoms with E-state index in [9.17, 15) is 5.11 Å². The zero-order valence-electron chi connectivity index (χ0n) is 11.9. The number of methoxy groups -OCH3 is 1. The lowest BCUT2D eigenvalue weighted by atomic mass is 9.77. The van der Waals surface area contributed by atoms with E-state index in [4.69, 9.17) is 9.15 Å². The molecule has 21 heavy (non-hydrogen) atoms. The Kier molecular flexibility index (Phi) is 3.67. The van der Waals surface area contributed by atoms with Crippen LogP contribution in [0.25, 0.3) is 0 Å². The normalized spacial score (nSPS) is 25.2. The predicted octanol–water partition coefficient (Wildman–Crippen LogP) is 3.74. The molecule has 3 rings (SSSR count). The van der Waals surface area contributed by atoms with Gasteiger partial charge in [0.25, 0.3) is 0 Å². The van der Waals surface area contributed by atoms with Crippen molar-refractivity contribution in [3.8, 4) is 0 Å². The number of hydrogen-bond donors (Lipinski definition) is 1. The second-order valence-electron chi connectivity index (χ2n) is 5.18. The largest absolute Gasteiger partial charge is 0.501 e. The van der Waals surface area contributed by atoms with Gasteiger partial charge in [-0.3, -0.25) is 0 Å². The number of allylic oxidation sites excluding steroid dienone is 2. The molecule has 3 nitrogen and oxygen atoms in total. The zero-order chi connectivity index (χ0) is 14.7. The Morgan fingerprint density at radius 1 is 1.19 bits per heavy atom. The monoisotopic (exact) mass is 282 g/mol. The minimum atomic E-state index is -1.10. The SMILES string of the molecule is COC1=CC=C[C@@H](c2ccco2)[C@@](O)(c2ccccc2)C1. The average molecular weight is 282 g/mol. The Morgan fingerprint density at radius 2 is 2.00 bits per heavy atom. The van der Waals surface area contributed by atoms with Crippen molar-refractivity contribution < 1.29 is 14.3 Å². The van der Waals surface area contributed by atoms with E-state index in [0.717, 1.165) is 17.1 Å². The summed E-state index contributed by atoms with van der Waals surface area (Å²) in [7, 11) is 1.62. The Morgan fingerprint density at radius 3 is 2.67 bits per heavy atom. The van der Waals surface area contributed by atoms with E-state index in [1.807, 2.05) is 60.7 Å². The summed E-state index contributed by atoms with van der Waals surface area (Å²) in [6.45, 7) is 0. The topological polar surface area (TPSA) is 42.6 Å². The van der Waals surface area contributed by atoms with Gasteiger partial charge in [-0.25, -0.2) is 0 Å². The van der Waals surface area contributed by atoms with Gasteiger partial charge in [0.05, 0.1) is 25.1 Å². The molecule has 0 aliphatic heterocycles. The van der Waals surface area contributed by atoms with Gasteiger partial charge in [-0.2, -0.15) is 0 Å². The Hall–Kier alpha value is -2.26. The molecule has 1 N–H and O–H groups in total. The smallest absolute Gasteiger partial charge is 0.113 e. The summed E-state index contributed by atoms with van der Waals surface area (Å²) in [5, 5.41) is 11.4. The molecule has 1 aromatic carbocycles. The van der Waals surface area contributed by atoms with E-state index >= 15 is 0 Å². The van der Waals surface area contributed by atoms with Crippen LogP contribution in [0.2, 0.25) is 0 Å². The van der Waals surface area contributed by atoms with E-state index in [2.05, 4.69) is 0 Å². The lowest BCUT2D eigenvalue weighted by Gasteiger charge is -2.33. The van der Waals surface area contributed by atoms with Crippen LogP contribution in [-0.4, -0.2) is 12.2 Å². The summed E-state index contributed by atoms with van der Waals surface area (Å²) in [6, 6.07) is 13.4. The van der Waals surface area contributed by atoms with Gasteiger partial charge in [-0.1, -0.05) is 42.5 Å². The summed E-state index contributed by atoms with van der Waals surface area (Å²) in [4.78, 5) is 0. The van der Waals surface area contributed by atoms with E-state index in [0.29, 0.717) is 6.42 Å². The second-order valence-corrected chi connectivity index (χ2v) is 5.18. The highest BCUT2D eigenvalue weighted by Crippen LogP contribution is 2.44. The molecule has 1 heterocycles. The third-order valence-corrected chi connectivity index (χ3v) is 3.93. The highest BCUT2D eigenvalue weighted by Gasteiger charge is 2.41. The Labute approximate surface area is 124 Å². The van der Waals surface area contributed by atoms with Crippen molar-refractivity contribution >= 4 is 0 Å². The fraction of sp³-hybridized carbons (Fsp3) is 0.222. The Bertz CT molecular complexity index is 640. The molecule has 1 aliphatic carbocycles. The second kappa shape index (κ2) is 5.62. The molecule has 0 radical (unpaired) electrons. The fourth-order valence-corrected chi connectivity index (χ4v) is 2.81. The third kappa shape index (κ3) is 2.52. The van der Waals surface area contributed by atoms with Crippen LogP contribution in [0.4, 0.5) is 0 Å². The van der Waals surface area contributed by atoms with Gasteiger partial charge < -0.3 is 14.3 Å². The summed E-state index contributed by atoms with van der Waals surface area (Å²) < 4.78 is 10.9. The first-order valence-electron chi connectivity index (χ1n) is 6.96. The maximum atomic E-state index is 11.4. The van der Waals surface area contributed by atoms with Gasteiger partial charge >= 0.3 is 0 Å². The van der Waals surface area contributed by atoms with E-state index in [1.54, 1.807) is 13.4 Å². The zero-order valence-corrected chi connectivity index (χ0v) is 11.9. The molecule has 0 spiro atoms. The number of benzene rings is 1. The first kappa shape index (κ1) is 13.7. The molecule has 0 saturated carbocycles. The molecule has 1 aliphatic rings. The van der Waals surface area contributed by atoms with Crippen molar-refractivity contribution in [2.45, 2.75) is 17.9 Å². The highest BCUT2D eigenvalue weighted by atomic mass is 16.5. The number of rotatable bonds is 3. The summed E-state index contributed by atoms with van der Waals surface area (Å²) >= 11 is 0. The van der Waals surface area contributed by atoms with Crippen LogP contribution in [0.1, 0.15) is 23.7 Å². The molecule has 0 saturated heterocycles. The van der Waals surface area contributed by atoms with Crippen molar-refractivity contribution in [2.75, 3.05) is 7.11 Å². The van der Waals surface area contributed by atoms with Crippen LogP contribution in [-0.2, 0) is 10.3 Å². The number of hydrogen-bond acceptors (Lipinski definition) is 3. The van der Waals surface area contributed by atoms with Crippen LogP contribution < -0.4 is 0 Å². The molecule has 0 unspecified atom stereocenters. The molecule has 1 aromatic heterocycles. The van der Waals surface area contributed by atoms with Crippen LogP contribution in [0, 0.1) is 0 Å². The van der Waals surface area contributed by atoms with Gasteiger partial charge in [0.2, 0.25) is 0 Å². The highest BCUT2D eigenvalue weighted by molar-refractivity contribution is 5.35. The predicted molar refractivity (Wildman–Crippen MR) is 80.6 cm³/mol. The number of furan rings is 1. The maximum Gasteiger partial charge on any atom is 0.113 e. The van der Waals surface area contributed by atoms with Gasteiger partial charge in [0, 0.05) is 6.42 Å². The van der Waals surface area contributed by atoms with Crippen LogP contribution in [0.3, 0.4) is 0 Å². The van der Waals surface area contributed by atoms with Crippen molar-refractivity contribution in [3.63, 3.8) is 0 Å². The third-order valence-electron chi connectivity index (χ3n) is 3.93. The summed E-state index contributed by atoms with van der Waals surface area (Å²) in [6.07, 6.45) is 7.78. The van der Waals surface area contributed by atoms with Crippen molar-refractivity contribution in [3.05, 3.63) is 84.0 Å². The molecule has 0 bridgehead atoms. The molecular weight excluding hydrogens is 264 g/mol. The first-order valence-corrected chi connectivity index (χ1v) is 6.96. The maximum absolute atomic E-state index is 11.4. The minimum absolute atomic E-state index is 0.265. The molecule has 2 atom stereocenters. The quantitative estimate of drug-likeness (QED) is 0.932. The van der Waals surface area contributed by atoms with Crippen molar-refractivity contribution in [1.82, 2.24) is 0 Å². The number of aliphatic hydroxyl groups is 1. The first-order chi connectivity index (χ1) is 10.2. The van der Waals surface area contributed by atoms with Crippen LogP contribution in [0.15, 0.2) is 77.1 Å². The van der Waals surface area contributed by atoms with Gasteiger partial charge in [-0.15, -0.1) is 0 Å². The van der Waals surface area contributed by atoms with E-state index in [1.165, 1.54) is 0 Å². The van der Waals surface area contributed by atoms with Crippen LogP contribution >= 0.6 is 0 Å². The summed E-state index contributed by atoms with van der Waals surface area (Å²) in [5.41, 5.74) is -0.255. The van der Waals surface area contributed by atoms with Crippen molar-refractivity contribution in [2.24, 2.45) is 0 Å². The van der Waals surface area contributed by atoms with E-state index in [-0.39, 0.29) is 5.92 Å². The van der Waals surface area contributed by atoms with Crippen molar-refractivity contribution in [1.29, 1.82) is 0 Å². The fourth-order valence-electron chi connectivity index (χ4n) is 2.81. The molecule has 108 valence electrons. The van der Waals surface area contributed by atoms with Gasteiger partial charge in [-0.05, 0) is 23.8 Å². The molecular formula is C18H18O3. The lowest BCUT2D eigenvalue weighted by molar-refractivity contribution is 0.00474. The lowest BCUT2D eigenvalue weighted by Crippen LogP contribution is -2.33. The molecule has 3 heteroatoms. The molecule has 0 fully saturated rings. The van der Waals surface area contributed by atoms with E-state index < -0.39 is 5.60 Å². The van der Waals surface area contributed by atoms with Gasteiger partial charge in [0.15, 0.2) is 0 Å². The molecule has 0 amide bonds. The summed E-state index contributed by atoms with van der Waals surface area (Å²) in [5.74, 6) is 1.22. The number of ether oxygens (including phenoxy) is 1. The molecule has 2 aromatic rings. The minimum Gasteiger partial charge on any atom is -0.501 e.